The molecule has 0 saturated carbocycles. The Morgan fingerprint density at radius 1 is 0.931 bits per heavy atom. The van der Waals surface area contributed by atoms with E-state index in [1.165, 1.54) is 10.4 Å². The minimum atomic E-state index is -3.67. The van der Waals surface area contributed by atoms with Gasteiger partial charge in [-0.25, -0.2) is 8.42 Å². The van der Waals surface area contributed by atoms with Gasteiger partial charge in [0, 0.05) is 44.2 Å². The summed E-state index contributed by atoms with van der Waals surface area (Å²) in [4.78, 5) is 14.7. The maximum absolute atomic E-state index is 13.1. The summed E-state index contributed by atoms with van der Waals surface area (Å²) in [5, 5.41) is 0. The van der Waals surface area contributed by atoms with E-state index in [0.29, 0.717) is 43.4 Å². The Labute approximate surface area is 170 Å². The lowest BCUT2D eigenvalue weighted by atomic mass is 10.1. The third kappa shape index (κ3) is 3.95. The number of hydrogen-bond donors (Lipinski definition) is 0. The number of ether oxygens (including phenoxy) is 2. The standard InChI is InChI=1S/C21H24N2O5S/c1-16-5-2-3-6-18(16)21(24)22-9-11-23(12-10-22)29(25,26)17-7-8-19-20(15-17)28-14-4-13-27-19/h2-3,5-8,15H,4,9-14H2,1H3. The Morgan fingerprint density at radius 3 is 2.34 bits per heavy atom. The smallest absolute Gasteiger partial charge is 0.254 e. The zero-order valence-electron chi connectivity index (χ0n) is 16.3. The number of nitrogens with zero attached hydrogens (tertiary/aromatic N) is 2. The van der Waals surface area contributed by atoms with E-state index in [1.807, 2.05) is 25.1 Å². The van der Waals surface area contributed by atoms with Crippen molar-refractivity contribution in [3.8, 4) is 11.5 Å². The molecule has 0 radical (unpaired) electrons. The molecule has 2 aromatic rings. The zero-order valence-corrected chi connectivity index (χ0v) is 17.2. The van der Waals surface area contributed by atoms with E-state index in [-0.39, 0.29) is 23.9 Å². The molecule has 2 aliphatic heterocycles. The summed E-state index contributed by atoms with van der Waals surface area (Å²) in [6.07, 6.45) is 0.758. The normalized spacial score (nSPS) is 17.6. The number of rotatable bonds is 3. The van der Waals surface area contributed by atoms with E-state index in [0.717, 1.165) is 12.0 Å². The maximum atomic E-state index is 13.1. The lowest BCUT2D eigenvalue weighted by molar-refractivity contribution is 0.0697. The molecule has 1 saturated heterocycles. The second kappa shape index (κ2) is 8.04. The lowest BCUT2D eigenvalue weighted by Gasteiger charge is -2.34. The summed E-state index contributed by atoms with van der Waals surface area (Å²) in [6, 6.07) is 12.2. The monoisotopic (exact) mass is 416 g/mol. The summed E-state index contributed by atoms with van der Waals surface area (Å²) in [5.74, 6) is 0.961. The van der Waals surface area contributed by atoms with Crippen LogP contribution >= 0.6 is 0 Å². The van der Waals surface area contributed by atoms with Gasteiger partial charge in [-0.15, -0.1) is 0 Å². The average molecular weight is 416 g/mol. The van der Waals surface area contributed by atoms with Gasteiger partial charge in [0.05, 0.1) is 18.1 Å². The molecule has 154 valence electrons. The van der Waals surface area contributed by atoms with Gasteiger partial charge in [-0.05, 0) is 30.7 Å². The molecule has 2 aliphatic rings. The first kappa shape index (κ1) is 19.7. The van der Waals surface area contributed by atoms with Gasteiger partial charge in [0.2, 0.25) is 10.0 Å². The highest BCUT2D eigenvalue weighted by Crippen LogP contribution is 2.33. The fraction of sp³-hybridized carbons (Fsp3) is 0.381. The molecule has 0 unspecified atom stereocenters. The van der Waals surface area contributed by atoms with E-state index in [9.17, 15) is 13.2 Å². The summed E-state index contributed by atoms with van der Waals surface area (Å²) in [5.41, 5.74) is 1.58. The quantitative estimate of drug-likeness (QED) is 0.768. The Balaban J connectivity index is 1.47. The lowest BCUT2D eigenvalue weighted by Crippen LogP contribution is -2.50. The van der Waals surface area contributed by atoms with Gasteiger partial charge in [-0.2, -0.15) is 4.31 Å². The highest BCUT2D eigenvalue weighted by molar-refractivity contribution is 7.89. The Bertz CT molecular complexity index is 1010. The summed E-state index contributed by atoms with van der Waals surface area (Å²) >= 11 is 0. The molecule has 2 aromatic carbocycles. The van der Waals surface area contributed by atoms with E-state index < -0.39 is 10.0 Å². The van der Waals surface area contributed by atoms with Crippen LogP contribution in [0.25, 0.3) is 0 Å². The van der Waals surface area contributed by atoms with Gasteiger partial charge < -0.3 is 14.4 Å². The highest BCUT2D eigenvalue weighted by Gasteiger charge is 2.31. The zero-order chi connectivity index (χ0) is 20.4. The van der Waals surface area contributed by atoms with Crippen LogP contribution in [0.4, 0.5) is 0 Å². The molecule has 1 amide bonds. The number of amides is 1. The average Bonchev–Trinajstić information content (AvgIpc) is 2.98. The molecule has 0 atom stereocenters. The van der Waals surface area contributed by atoms with Crippen molar-refractivity contribution in [2.75, 3.05) is 39.4 Å². The SMILES string of the molecule is Cc1ccccc1C(=O)N1CCN(S(=O)(=O)c2ccc3c(c2)OCCCO3)CC1. The molecule has 0 bridgehead atoms. The first-order chi connectivity index (χ1) is 14.0. The topological polar surface area (TPSA) is 76.2 Å². The minimum Gasteiger partial charge on any atom is -0.490 e. The molecule has 0 aromatic heterocycles. The minimum absolute atomic E-state index is 0.0595. The van der Waals surface area contributed by atoms with Gasteiger partial charge >= 0.3 is 0 Å². The first-order valence-electron chi connectivity index (χ1n) is 9.71. The highest BCUT2D eigenvalue weighted by atomic mass is 32.2. The van der Waals surface area contributed by atoms with E-state index in [2.05, 4.69) is 0 Å². The van der Waals surface area contributed by atoms with Crippen molar-refractivity contribution >= 4 is 15.9 Å². The third-order valence-electron chi connectivity index (χ3n) is 5.26. The second-order valence-corrected chi connectivity index (χ2v) is 9.11. The van der Waals surface area contributed by atoms with Gasteiger partial charge in [0.25, 0.3) is 5.91 Å². The predicted molar refractivity (Wildman–Crippen MR) is 108 cm³/mol. The molecule has 0 spiro atoms. The van der Waals surface area contributed by atoms with Gasteiger partial charge in [0.1, 0.15) is 0 Å². The molecule has 4 rings (SSSR count). The van der Waals surface area contributed by atoms with Crippen molar-refractivity contribution in [1.82, 2.24) is 9.21 Å². The van der Waals surface area contributed by atoms with Gasteiger partial charge in [-0.1, -0.05) is 18.2 Å². The van der Waals surface area contributed by atoms with Crippen LogP contribution in [0.5, 0.6) is 11.5 Å². The first-order valence-corrected chi connectivity index (χ1v) is 11.2. The number of benzene rings is 2. The van der Waals surface area contributed by atoms with Crippen LogP contribution in [0.1, 0.15) is 22.3 Å². The van der Waals surface area contributed by atoms with Crippen molar-refractivity contribution in [3.63, 3.8) is 0 Å². The summed E-state index contributed by atoms with van der Waals surface area (Å²) in [7, 11) is -3.67. The van der Waals surface area contributed by atoms with Crippen LogP contribution in [0.2, 0.25) is 0 Å². The molecule has 7 nitrogen and oxygen atoms in total. The Kier molecular flexibility index (Phi) is 5.47. The number of aryl methyl sites for hydroxylation is 1. The number of carbonyl (C=O) groups excluding carboxylic acids is 1. The fourth-order valence-electron chi connectivity index (χ4n) is 3.57. The van der Waals surface area contributed by atoms with Crippen LogP contribution < -0.4 is 9.47 Å². The summed E-state index contributed by atoms with van der Waals surface area (Å²) < 4.78 is 38.8. The van der Waals surface area contributed by atoms with Crippen molar-refractivity contribution in [2.45, 2.75) is 18.2 Å². The molecular weight excluding hydrogens is 392 g/mol. The fourth-order valence-corrected chi connectivity index (χ4v) is 5.01. The van der Waals surface area contributed by atoms with Crippen molar-refractivity contribution in [3.05, 3.63) is 53.6 Å². The molecule has 29 heavy (non-hydrogen) atoms. The van der Waals surface area contributed by atoms with Gasteiger partial charge in [-0.3, -0.25) is 4.79 Å². The van der Waals surface area contributed by atoms with Crippen molar-refractivity contribution in [2.24, 2.45) is 0 Å². The Hall–Kier alpha value is -2.58. The van der Waals surface area contributed by atoms with E-state index in [1.54, 1.807) is 23.1 Å². The van der Waals surface area contributed by atoms with Crippen LogP contribution in [-0.2, 0) is 10.0 Å². The third-order valence-corrected chi connectivity index (χ3v) is 7.15. The number of fused-ring (bicyclic) bond motifs is 1. The maximum Gasteiger partial charge on any atom is 0.254 e. The van der Waals surface area contributed by atoms with Crippen LogP contribution in [0, 0.1) is 6.92 Å². The second-order valence-electron chi connectivity index (χ2n) is 7.17. The molecular formula is C21H24N2O5S. The number of carbonyl (C=O) groups is 1. The molecule has 0 aliphatic carbocycles. The van der Waals surface area contributed by atoms with Gasteiger partial charge in [0.15, 0.2) is 11.5 Å². The van der Waals surface area contributed by atoms with E-state index in [4.69, 9.17) is 9.47 Å². The van der Waals surface area contributed by atoms with Crippen LogP contribution in [-0.4, -0.2) is 62.9 Å². The van der Waals surface area contributed by atoms with Crippen LogP contribution in [0.15, 0.2) is 47.4 Å². The van der Waals surface area contributed by atoms with Crippen molar-refractivity contribution < 1.29 is 22.7 Å². The largest absolute Gasteiger partial charge is 0.490 e. The molecule has 0 N–H and O–H groups in total. The van der Waals surface area contributed by atoms with E-state index >= 15 is 0 Å². The van der Waals surface area contributed by atoms with Crippen molar-refractivity contribution in [1.29, 1.82) is 0 Å². The molecule has 8 heteroatoms. The predicted octanol–water partition coefficient (Wildman–Crippen LogP) is 2.30. The molecule has 2 heterocycles. The van der Waals surface area contributed by atoms with Crippen LogP contribution in [0.3, 0.4) is 0 Å². The number of piperazine rings is 1. The number of sulfonamides is 1. The molecule has 1 fully saturated rings. The Morgan fingerprint density at radius 2 is 1.62 bits per heavy atom. The summed E-state index contributed by atoms with van der Waals surface area (Å²) in [6.45, 7) is 4.18. The number of hydrogen-bond acceptors (Lipinski definition) is 5.